The maximum atomic E-state index is 5.83. The van der Waals surface area contributed by atoms with Crippen LogP contribution in [-0.4, -0.2) is 21.5 Å². The molecule has 0 radical (unpaired) electrons. The zero-order valence-electron chi connectivity index (χ0n) is 9.40. The number of nitrogens with zero attached hydrogens (tertiary/aromatic N) is 3. The second-order valence-electron chi connectivity index (χ2n) is 3.18. The van der Waals surface area contributed by atoms with Crippen molar-refractivity contribution in [2.24, 2.45) is 0 Å². The Bertz CT molecular complexity index is 517. The van der Waals surface area contributed by atoms with Crippen LogP contribution in [0.3, 0.4) is 0 Å². The normalized spacial score (nSPS) is 10.5. The summed E-state index contributed by atoms with van der Waals surface area (Å²) in [5.41, 5.74) is 0. The summed E-state index contributed by atoms with van der Waals surface area (Å²) in [5, 5.41) is 3.73. The van der Waals surface area contributed by atoms with E-state index in [1.54, 1.807) is 6.26 Å². The number of furan rings is 1. The fourth-order valence-electron chi connectivity index (χ4n) is 1.19. The van der Waals surface area contributed by atoms with Crippen LogP contribution in [0.1, 0.15) is 12.7 Å². The Balaban J connectivity index is 2.23. The molecule has 0 aliphatic heterocycles. The molecule has 5 nitrogen and oxygen atoms in total. The lowest BCUT2D eigenvalue weighted by molar-refractivity contribution is 0.527. The Hall–Kier alpha value is -1.27. The van der Waals surface area contributed by atoms with Crippen LogP contribution in [0.15, 0.2) is 26.8 Å². The largest absolute Gasteiger partial charge is 0.468 e. The maximum absolute atomic E-state index is 5.83. The van der Waals surface area contributed by atoms with Gasteiger partial charge >= 0.3 is 0 Å². The smallest absolute Gasteiger partial charge is 0.228 e. The van der Waals surface area contributed by atoms with Crippen LogP contribution in [0.5, 0.6) is 0 Å². The number of aryl methyl sites for hydroxylation is 1. The third-order valence-corrected chi connectivity index (χ3v) is 3.11. The molecule has 2 aromatic heterocycles. The van der Waals surface area contributed by atoms with Crippen molar-refractivity contribution in [1.82, 2.24) is 15.0 Å². The van der Waals surface area contributed by atoms with E-state index in [1.807, 2.05) is 19.9 Å². The lowest BCUT2D eigenvalue weighted by atomic mass is 10.5. The van der Waals surface area contributed by atoms with Gasteiger partial charge in [-0.1, -0.05) is 0 Å². The first kappa shape index (κ1) is 12.2. The van der Waals surface area contributed by atoms with E-state index in [4.69, 9.17) is 16.0 Å². The zero-order valence-corrected chi connectivity index (χ0v) is 11.0. The fourth-order valence-corrected chi connectivity index (χ4v) is 2.18. The monoisotopic (exact) mass is 270 g/mol. The molecule has 0 atom stereocenters. The quantitative estimate of drug-likeness (QED) is 0.921. The highest BCUT2D eigenvalue weighted by Gasteiger charge is 2.09. The molecule has 0 amide bonds. The second kappa shape index (κ2) is 5.37. The van der Waals surface area contributed by atoms with Crippen molar-refractivity contribution in [3.63, 3.8) is 0 Å². The molecule has 2 aromatic rings. The second-order valence-corrected chi connectivity index (χ2v) is 4.53. The van der Waals surface area contributed by atoms with E-state index in [2.05, 4.69) is 20.3 Å². The minimum absolute atomic E-state index is 0.180. The van der Waals surface area contributed by atoms with Crippen molar-refractivity contribution in [1.29, 1.82) is 0 Å². The van der Waals surface area contributed by atoms with Gasteiger partial charge in [-0.25, -0.2) is 0 Å². The first-order valence-corrected chi connectivity index (χ1v) is 6.26. The van der Waals surface area contributed by atoms with Crippen molar-refractivity contribution in [2.75, 3.05) is 11.9 Å². The van der Waals surface area contributed by atoms with Gasteiger partial charge in [0, 0.05) is 6.54 Å². The van der Waals surface area contributed by atoms with Crippen LogP contribution in [0.25, 0.3) is 0 Å². The number of hydrogen-bond acceptors (Lipinski definition) is 6. The van der Waals surface area contributed by atoms with E-state index in [-0.39, 0.29) is 5.28 Å². The Morgan fingerprint density at radius 1 is 1.41 bits per heavy atom. The molecule has 1 N–H and O–H groups in total. The van der Waals surface area contributed by atoms with Crippen molar-refractivity contribution in [3.8, 4) is 0 Å². The summed E-state index contributed by atoms with van der Waals surface area (Å²) in [6.07, 6.45) is 1.63. The molecule has 0 spiro atoms. The average molecular weight is 271 g/mol. The Morgan fingerprint density at radius 2 is 2.24 bits per heavy atom. The molecule has 0 fully saturated rings. The molecule has 2 rings (SSSR count). The minimum atomic E-state index is 0.180. The van der Waals surface area contributed by atoms with Crippen LogP contribution in [0.2, 0.25) is 5.28 Å². The predicted octanol–water partition coefficient (Wildman–Crippen LogP) is 3.01. The van der Waals surface area contributed by atoms with Gasteiger partial charge in [-0.15, -0.1) is 0 Å². The number of nitrogens with one attached hydrogen (secondary N) is 1. The molecule has 0 saturated heterocycles. The van der Waals surface area contributed by atoms with Gasteiger partial charge in [-0.05, 0) is 43.3 Å². The average Bonchev–Trinajstić information content (AvgIpc) is 2.64. The van der Waals surface area contributed by atoms with E-state index < -0.39 is 0 Å². The minimum Gasteiger partial charge on any atom is -0.468 e. The van der Waals surface area contributed by atoms with Crippen molar-refractivity contribution in [2.45, 2.75) is 23.9 Å². The van der Waals surface area contributed by atoms with Crippen molar-refractivity contribution in [3.05, 3.63) is 23.4 Å². The SMILES string of the molecule is CCNc1nc(Cl)nc(Sc2ccoc2C)n1. The van der Waals surface area contributed by atoms with Gasteiger partial charge < -0.3 is 9.73 Å². The summed E-state index contributed by atoms with van der Waals surface area (Å²) in [7, 11) is 0. The molecule has 0 aliphatic carbocycles. The number of aromatic nitrogens is 3. The number of anilines is 1. The molecular formula is C10H11ClN4OS. The Morgan fingerprint density at radius 3 is 2.88 bits per heavy atom. The topological polar surface area (TPSA) is 63.8 Å². The molecule has 7 heteroatoms. The van der Waals surface area contributed by atoms with Gasteiger partial charge in [0.05, 0.1) is 11.2 Å². The van der Waals surface area contributed by atoms with Gasteiger partial charge in [-0.2, -0.15) is 15.0 Å². The van der Waals surface area contributed by atoms with Gasteiger partial charge in [0.15, 0.2) is 5.16 Å². The summed E-state index contributed by atoms with van der Waals surface area (Å²) in [4.78, 5) is 13.2. The van der Waals surface area contributed by atoms with Crippen LogP contribution < -0.4 is 5.32 Å². The summed E-state index contributed by atoms with van der Waals surface area (Å²) >= 11 is 7.22. The van der Waals surface area contributed by atoms with Crippen molar-refractivity contribution >= 4 is 29.3 Å². The zero-order chi connectivity index (χ0) is 12.3. The molecule has 2 heterocycles. The summed E-state index contributed by atoms with van der Waals surface area (Å²) in [6.45, 7) is 4.58. The molecule has 0 bridgehead atoms. The van der Waals surface area contributed by atoms with E-state index >= 15 is 0 Å². The first-order valence-electron chi connectivity index (χ1n) is 5.06. The molecule has 0 aromatic carbocycles. The fraction of sp³-hybridized carbons (Fsp3) is 0.300. The predicted molar refractivity (Wildman–Crippen MR) is 66.6 cm³/mol. The van der Waals surface area contributed by atoms with Gasteiger partial charge in [-0.3, -0.25) is 0 Å². The highest BCUT2D eigenvalue weighted by atomic mass is 35.5. The Kier molecular flexibility index (Phi) is 3.86. The molecule has 17 heavy (non-hydrogen) atoms. The number of halogens is 1. The summed E-state index contributed by atoms with van der Waals surface area (Å²) in [5.74, 6) is 1.31. The summed E-state index contributed by atoms with van der Waals surface area (Å²) in [6, 6.07) is 1.87. The number of hydrogen-bond donors (Lipinski definition) is 1. The van der Waals surface area contributed by atoms with Crippen LogP contribution in [0.4, 0.5) is 5.95 Å². The van der Waals surface area contributed by atoms with Gasteiger partial charge in [0.2, 0.25) is 11.2 Å². The third kappa shape index (κ3) is 3.10. The summed E-state index contributed by atoms with van der Waals surface area (Å²) < 4.78 is 5.20. The highest BCUT2D eigenvalue weighted by molar-refractivity contribution is 7.99. The standard InChI is InChI=1S/C10H11ClN4OS/c1-3-12-9-13-8(11)14-10(15-9)17-7-4-5-16-6(7)2/h4-5H,3H2,1-2H3,(H,12,13,14,15). The molecule has 0 saturated carbocycles. The van der Waals surface area contributed by atoms with Crippen LogP contribution in [-0.2, 0) is 0 Å². The van der Waals surface area contributed by atoms with E-state index in [9.17, 15) is 0 Å². The van der Waals surface area contributed by atoms with Crippen LogP contribution >= 0.6 is 23.4 Å². The van der Waals surface area contributed by atoms with Crippen LogP contribution in [0, 0.1) is 6.92 Å². The lowest BCUT2D eigenvalue weighted by Gasteiger charge is -2.03. The maximum Gasteiger partial charge on any atom is 0.228 e. The van der Waals surface area contributed by atoms with E-state index in [0.29, 0.717) is 11.1 Å². The van der Waals surface area contributed by atoms with Gasteiger partial charge in [0.1, 0.15) is 5.76 Å². The van der Waals surface area contributed by atoms with E-state index in [0.717, 1.165) is 17.2 Å². The molecule has 0 unspecified atom stereocenters. The van der Waals surface area contributed by atoms with E-state index in [1.165, 1.54) is 11.8 Å². The third-order valence-electron chi connectivity index (χ3n) is 1.93. The highest BCUT2D eigenvalue weighted by Crippen LogP contribution is 2.29. The molecule has 0 aliphatic rings. The molecular weight excluding hydrogens is 260 g/mol. The first-order chi connectivity index (χ1) is 8.19. The molecule has 90 valence electrons. The van der Waals surface area contributed by atoms with Crippen molar-refractivity contribution < 1.29 is 4.42 Å². The van der Waals surface area contributed by atoms with Gasteiger partial charge in [0.25, 0.3) is 0 Å². The number of rotatable bonds is 4. The Labute approximate surface area is 108 Å². The lowest BCUT2D eigenvalue weighted by Crippen LogP contribution is -2.04.